The molecule has 33 heavy (non-hydrogen) atoms. The van der Waals surface area contributed by atoms with Crippen LogP contribution in [0.1, 0.15) is 35.8 Å². The van der Waals surface area contributed by atoms with Gasteiger partial charge in [-0.1, -0.05) is 30.3 Å². The van der Waals surface area contributed by atoms with Crippen LogP contribution in [0.15, 0.2) is 59.4 Å². The maximum atomic E-state index is 13.3. The van der Waals surface area contributed by atoms with Gasteiger partial charge in [0.1, 0.15) is 11.8 Å². The number of tetrazole rings is 1. The number of ether oxygens (including phenoxy) is 1. The monoisotopic (exact) mass is 446 g/mol. The molecule has 2 aromatic heterocycles. The second-order valence-electron chi connectivity index (χ2n) is 8.36. The second-order valence-corrected chi connectivity index (χ2v) is 8.36. The van der Waals surface area contributed by atoms with Gasteiger partial charge in [0.25, 0.3) is 5.56 Å². The van der Waals surface area contributed by atoms with E-state index in [1.54, 1.807) is 11.8 Å². The van der Waals surface area contributed by atoms with Crippen LogP contribution in [0.2, 0.25) is 0 Å². The molecule has 0 bridgehead atoms. The Labute approximate surface area is 190 Å². The predicted octanol–water partition coefficient (Wildman–Crippen LogP) is 2.12. The number of piperidine rings is 1. The van der Waals surface area contributed by atoms with E-state index in [9.17, 15) is 9.90 Å². The number of nitrogens with zero attached hydrogens (tertiary/aromatic N) is 5. The van der Waals surface area contributed by atoms with E-state index >= 15 is 0 Å². The Kier molecular flexibility index (Phi) is 5.89. The lowest BCUT2D eigenvalue weighted by atomic mass is 9.99. The number of aliphatic hydroxyl groups is 1. The molecule has 2 aromatic carbocycles. The number of pyridine rings is 1. The molecule has 0 saturated carbocycles. The van der Waals surface area contributed by atoms with E-state index in [2.05, 4.69) is 25.4 Å². The van der Waals surface area contributed by atoms with Crippen LogP contribution < -0.4 is 10.3 Å². The molecule has 1 atom stereocenters. The molecule has 0 amide bonds. The number of benzene rings is 2. The van der Waals surface area contributed by atoms with Crippen molar-refractivity contribution in [1.29, 1.82) is 0 Å². The van der Waals surface area contributed by atoms with Crippen LogP contribution in [0.3, 0.4) is 0 Å². The highest BCUT2D eigenvalue weighted by Crippen LogP contribution is 2.30. The minimum Gasteiger partial charge on any atom is -0.497 e. The number of rotatable bonds is 6. The van der Waals surface area contributed by atoms with Crippen molar-refractivity contribution >= 4 is 10.9 Å². The topological polar surface area (TPSA) is 109 Å². The van der Waals surface area contributed by atoms with Crippen molar-refractivity contribution in [3.8, 4) is 5.75 Å². The van der Waals surface area contributed by atoms with Gasteiger partial charge in [0.05, 0.1) is 25.3 Å². The first-order valence-corrected chi connectivity index (χ1v) is 11.1. The SMILES string of the molecule is COc1ccc2cc([C@@H](c3nnnn3Cc3ccccc3)N3CCC(O)CC3)c(=O)[nH]c2c1. The van der Waals surface area contributed by atoms with Gasteiger partial charge in [-0.15, -0.1) is 5.10 Å². The van der Waals surface area contributed by atoms with Crippen molar-refractivity contribution in [2.45, 2.75) is 31.5 Å². The molecule has 9 heteroatoms. The summed E-state index contributed by atoms with van der Waals surface area (Å²) < 4.78 is 7.05. The Bertz CT molecular complexity index is 1290. The number of likely N-dealkylation sites (tertiary alicyclic amines) is 1. The van der Waals surface area contributed by atoms with Crippen LogP contribution in [0.25, 0.3) is 10.9 Å². The van der Waals surface area contributed by atoms with E-state index in [0.717, 1.165) is 10.9 Å². The van der Waals surface area contributed by atoms with Crippen molar-refractivity contribution in [1.82, 2.24) is 30.1 Å². The van der Waals surface area contributed by atoms with Gasteiger partial charge in [0.15, 0.2) is 5.82 Å². The largest absolute Gasteiger partial charge is 0.497 e. The first-order chi connectivity index (χ1) is 16.1. The lowest BCUT2D eigenvalue weighted by molar-refractivity contribution is 0.0659. The van der Waals surface area contributed by atoms with Crippen LogP contribution in [0, 0.1) is 0 Å². The first kappa shape index (κ1) is 21.3. The summed E-state index contributed by atoms with van der Waals surface area (Å²) in [5, 5.41) is 23.5. The summed E-state index contributed by atoms with van der Waals surface area (Å²) in [6.45, 7) is 1.78. The van der Waals surface area contributed by atoms with Crippen LogP contribution in [0.4, 0.5) is 0 Å². The molecule has 4 aromatic rings. The second kappa shape index (κ2) is 9.13. The minimum absolute atomic E-state index is 0.193. The van der Waals surface area contributed by atoms with Crippen LogP contribution >= 0.6 is 0 Å². The van der Waals surface area contributed by atoms with Crippen LogP contribution in [0.5, 0.6) is 5.75 Å². The van der Waals surface area contributed by atoms with Gasteiger partial charge in [-0.25, -0.2) is 4.68 Å². The summed E-state index contributed by atoms with van der Waals surface area (Å²) in [6, 6.07) is 17.0. The molecule has 9 nitrogen and oxygen atoms in total. The molecular formula is C24H26N6O3. The lowest BCUT2D eigenvalue weighted by Gasteiger charge is -2.35. The van der Waals surface area contributed by atoms with Crippen LogP contribution in [-0.2, 0) is 6.54 Å². The fraction of sp³-hybridized carbons (Fsp3) is 0.333. The molecule has 1 fully saturated rings. The molecule has 0 aliphatic carbocycles. The molecule has 1 aliphatic rings. The first-order valence-electron chi connectivity index (χ1n) is 11.1. The van der Waals surface area contributed by atoms with Crippen molar-refractivity contribution in [2.75, 3.05) is 20.2 Å². The molecular weight excluding hydrogens is 420 g/mol. The molecule has 0 radical (unpaired) electrons. The predicted molar refractivity (Wildman–Crippen MR) is 123 cm³/mol. The molecule has 0 spiro atoms. The Morgan fingerprint density at radius 2 is 1.94 bits per heavy atom. The zero-order valence-electron chi connectivity index (χ0n) is 18.4. The van der Waals surface area contributed by atoms with Gasteiger partial charge in [-0.05, 0) is 52.4 Å². The minimum atomic E-state index is -0.438. The normalized spacial score (nSPS) is 16.2. The molecule has 0 unspecified atom stereocenters. The average molecular weight is 447 g/mol. The van der Waals surface area contributed by atoms with Gasteiger partial charge < -0.3 is 14.8 Å². The third kappa shape index (κ3) is 4.37. The summed E-state index contributed by atoms with van der Waals surface area (Å²) in [5.74, 6) is 1.29. The number of aromatic nitrogens is 5. The highest BCUT2D eigenvalue weighted by atomic mass is 16.5. The van der Waals surface area contributed by atoms with Crippen molar-refractivity contribution < 1.29 is 9.84 Å². The number of aliphatic hydroxyl groups excluding tert-OH is 1. The Hall–Kier alpha value is -3.56. The van der Waals surface area contributed by atoms with Gasteiger partial charge >= 0.3 is 0 Å². The van der Waals surface area contributed by atoms with Crippen LogP contribution in [-0.4, -0.2) is 61.5 Å². The molecule has 170 valence electrons. The van der Waals surface area contributed by atoms with E-state index in [-0.39, 0.29) is 11.7 Å². The van der Waals surface area contributed by atoms with E-state index in [0.29, 0.717) is 55.1 Å². The van der Waals surface area contributed by atoms with E-state index in [1.165, 1.54) is 0 Å². The van der Waals surface area contributed by atoms with E-state index < -0.39 is 6.04 Å². The number of fused-ring (bicyclic) bond motifs is 1. The molecule has 1 aliphatic heterocycles. The molecule has 5 rings (SSSR count). The maximum absolute atomic E-state index is 13.3. The Morgan fingerprint density at radius 1 is 1.15 bits per heavy atom. The summed E-state index contributed by atoms with van der Waals surface area (Å²) in [6.07, 6.45) is 0.948. The summed E-state index contributed by atoms with van der Waals surface area (Å²) >= 11 is 0. The molecule has 1 saturated heterocycles. The molecule has 3 heterocycles. The van der Waals surface area contributed by atoms with E-state index in [4.69, 9.17) is 4.74 Å². The van der Waals surface area contributed by atoms with Crippen molar-refractivity contribution in [3.63, 3.8) is 0 Å². The van der Waals surface area contributed by atoms with Crippen molar-refractivity contribution in [3.05, 3.63) is 81.9 Å². The Balaban J connectivity index is 1.60. The number of hydrogen-bond donors (Lipinski definition) is 2. The third-order valence-corrected chi connectivity index (χ3v) is 6.22. The maximum Gasteiger partial charge on any atom is 0.253 e. The standard InChI is InChI=1S/C24H26N6O3/c1-33-19-8-7-17-13-20(24(32)25-21(17)14-19)22(29-11-9-18(31)10-12-29)23-26-27-28-30(23)15-16-5-3-2-4-6-16/h2-8,13-14,18,22,31H,9-12,15H2,1H3,(H,25,32)/t22-/m0/s1. The zero-order valence-corrected chi connectivity index (χ0v) is 18.4. The lowest BCUT2D eigenvalue weighted by Crippen LogP contribution is -2.41. The van der Waals surface area contributed by atoms with Gasteiger partial charge in [0.2, 0.25) is 0 Å². The molecule has 2 N–H and O–H groups in total. The number of nitrogens with one attached hydrogen (secondary N) is 1. The quantitative estimate of drug-likeness (QED) is 0.467. The summed E-state index contributed by atoms with van der Waals surface area (Å²) in [4.78, 5) is 18.5. The smallest absolute Gasteiger partial charge is 0.253 e. The fourth-order valence-electron chi connectivity index (χ4n) is 4.45. The van der Waals surface area contributed by atoms with Crippen molar-refractivity contribution in [2.24, 2.45) is 0 Å². The highest BCUT2D eigenvalue weighted by molar-refractivity contribution is 5.80. The number of H-pyrrole nitrogens is 1. The highest BCUT2D eigenvalue weighted by Gasteiger charge is 2.32. The fourth-order valence-corrected chi connectivity index (χ4v) is 4.45. The summed E-state index contributed by atoms with van der Waals surface area (Å²) in [7, 11) is 1.60. The van der Waals surface area contributed by atoms with Gasteiger partial charge in [-0.3, -0.25) is 9.69 Å². The Morgan fingerprint density at radius 3 is 2.70 bits per heavy atom. The third-order valence-electron chi connectivity index (χ3n) is 6.22. The number of aromatic amines is 1. The number of hydrogen-bond acceptors (Lipinski definition) is 7. The van der Waals surface area contributed by atoms with Gasteiger partial charge in [0, 0.05) is 24.7 Å². The zero-order chi connectivity index (χ0) is 22.8. The number of methoxy groups -OCH3 is 1. The summed E-state index contributed by atoms with van der Waals surface area (Å²) in [5.41, 5.74) is 2.16. The van der Waals surface area contributed by atoms with Gasteiger partial charge in [-0.2, -0.15) is 0 Å². The van der Waals surface area contributed by atoms with E-state index in [1.807, 2.05) is 54.6 Å². The average Bonchev–Trinajstić information content (AvgIpc) is 3.28.